The third-order valence-corrected chi connectivity index (χ3v) is 5.99. The van der Waals surface area contributed by atoms with E-state index in [2.05, 4.69) is 5.32 Å². The van der Waals surface area contributed by atoms with Crippen molar-refractivity contribution in [2.45, 2.75) is 22.8 Å². The minimum Gasteiger partial charge on any atom is -0.497 e. The zero-order chi connectivity index (χ0) is 18.1. The SMILES string of the molecule is COc1ccc(S[C@@H](C)C(=O)NCCSCc2ccccc2Cl)cc1. The van der Waals surface area contributed by atoms with Crippen LogP contribution in [-0.2, 0) is 10.5 Å². The number of amides is 1. The summed E-state index contributed by atoms with van der Waals surface area (Å²) in [7, 11) is 1.64. The van der Waals surface area contributed by atoms with Crippen LogP contribution in [-0.4, -0.2) is 30.6 Å². The van der Waals surface area contributed by atoms with E-state index in [1.807, 2.05) is 55.5 Å². The average molecular weight is 396 g/mol. The molecule has 25 heavy (non-hydrogen) atoms. The van der Waals surface area contributed by atoms with Crippen LogP contribution in [0.3, 0.4) is 0 Å². The zero-order valence-corrected chi connectivity index (χ0v) is 16.7. The number of thioether (sulfide) groups is 2. The molecule has 0 fully saturated rings. The van der Waals surface area contributed by atoms with Gasteiger partial charge in [0.1, 0.15) is 5.75 Å². The first-order valence-electron chi connectivity index (χ1n) is 7.99. The largest absolute Gasteiger partial charge is 0.497 e. The lowest BCUT2D eigenvalue weighted by molar-refractivity contribution is -0.120. The molecule has 0 aliphatic heterocycles. The molecule has 0 heterocycles. The van der Waals surface area contributed by atoms with Crippen LogP contribution in [0.4, 0.5) is 0 Å². The fourth-order valence-electron chi connectivity index (χ4n) is 2.10. The minimum atomic E-state index is -0.137. The van der Waals surface area contributed by atoms with Gasteiger partial charge in [-0.05, 0) is 42.8 Å². The van der Waals surface area contributed by atoms with Crippen LogP contribution in [0.15, 0.2) is 53.4 Å². The van der Waals surface area contributed by atoms with E-state index in [-0.39, 0.29) is 11.2 Å². The lowest BCUT2D eigenvalue weighted by Gasteiger charge is -2.12. The summed E-state index contributed by atoms with van der Waals surface area (Å²) in [5.41, 5.74) is 1.13. The van der Waals surface area contributed by atoms with Crippen molar-refractivity contribution in [2.24, 2.45) is 0 Å². The molecule has 1 N–H and O–H groups in total. The first kappa shape index (κ1) is 20.0. The Hall–Kier alpha value is -1.30. The molecule has 1 amide bonds. The molecule has 0 saturated carbocycles. The fourth-order valence-corrected chi connectivity index (χ4v) is 4.14. The summed E-state index contributed by atoms with van der Waals surface area (Å²) in [6.07, 6.45) is 0. The maximum atomic E-state index is 12.2. The zero-order valence-electron chi connectivity index (χ0n) is 14.3. The highest BCUT2D eigenvalue weighted by molar-refractivity contribution is 8.00. The van der Waals surface area contributed by atoms with Gasteiger partial charge in [0.05, 0.1) is 12.4 Å². The Bertz CT molecular complexity index is 679. The van der Waals surface area contributed by atoms with Crippen molar-refractivity contribution in [1.29, 1.82) is 0 Å². The fraction of sp³-hybridized carbons (Fsp3) is 0.316. The Kier molecular flexibility index (Phi) is 8.52. The second kappa shape index (κ2) is 10.6. The van der Waals surface area contributed by atoms with Crippen LogP contribution in [0.2, 0.25) is 5.02 Å². The van der Waals surface area contributed by atoms with Gasteiger partial charge in [-0.3, -0.25) is 4.79 Å². The lowest BCUT2D eigenvalue weighted by Crippen LogP contribution is -2.32. The van der Waals surface area contributed by atoms with Crippen molar-refractivity contribution >= 4 is 41.0 Å². The van der Waals surface area contributed by atoms with E-state index in [1.165, 1.54) is 0 Å². The number of carbonyl (C=O) groups excluding carboxylic acids is 1. The van der Waals surface area contributed by atoms with Crippen LogP contribution >= 0.6 is 35.1 Å². The van der Waals surface area contributed by atoms with Crippen LogP contribution in [0.1, 0.15) is 12.5 Å². The van der Waals surface area contributed by atoms with Gasteiger partial charge in [0.25, 0.3) is 0 Å². The number of carbonyl (C=O) groups is 1. The predicted octanol–water partition coefficient (Wildman–Crippen LogP) is 4.88. The molecule has 0 radical (unpaired) electrons. The van der Waals surface area contributed by atoms with E-state index in [1.54, 1.807) is 30.6 Å². The second-order valence-electron chi connectivity index (χ2n) is 5.37. The van der Waals surface area contributed by atoms with Crippen molar-refractivity contribution in [1.82, 2.24) is 5.32 Å². The molecule has 134 valence electrons. The molecule has 3 nitrogen and oxygen atoms in total. The Morgan fingerprint density at radius 2 is 1.92 bits per heavy atom. The number of hydrogen-bond donors (Lipinski definition) is 1. The van der Waals surface area contributed by atoms with Crippen molar-refractivity contribution in [3.05, 3.63) is 59.1 Å². The number of rotatable bonds is 9. The van der Waals surface area contributed by atoms with E-state index in [0.717, 1.165) is 32.7 Å². The van der Waals surface area contributed by atoms with E-state index in [9.17, 15) is 4.79 Å². The number of benzene rings is 2. The van der Waals surface area contributed by atoms with E-state index in [4.69, 9.17) is 16.3 Å². The smallest absolute Gasteiger partial charge is 0.233 e. The Morgan fingerprint density at radius 3 is 2.60 bits per heavy atom. The summed E-state index contributed by atoms with van der Waals surface area (Å²) in [6.45, 7) is 2.57. The van der Waals surface area contributed by atoms with Gasteiger partial charge >= 0.3 is 0 Å². The van der Waals surface area contributed by atoms with E-state index < -0.39 is 0 Å². The number of hydrogen-bond acceptors (Lipinski definition) is 4. The highest BCUT2D eigenvalue weighted by atomic mass is 35.5. The van der Waals surface area contributed by atoms with Crippen LogP contribution in [0, 0.1) is 0 Å². The molecule has 2 rings (SSSR count). The second-order valence-corrected chi connectivity index (χ2v) is 8.30. The first-order valence-corrected chi connectivity index (χ1v) is 10.4. The summed E-state index contributed by atoms with van der Waals surface area (Å²) < 4.78 is 5.14. The Morgan fingerprint density at radius 1 is 1.20 bits per heavy atom. The lowest BCUT2D eigenvalue weighted by atomic mass is 10.2. The topological polar surface area (TPSA) is 38.3 Å². The predicted molar refractivity (Wildman–Crippen MR) is 109 cm³/mol. The van der Waals surface area contributed by atoms with E-state index >= 15 is 0 Å². The van der Waals surface area contributed by atoms with Crippen LogP contribution < -0.4 is 10.1 Å². The molecule has 2 aromatic carbocycles. The van der Waals surface area contributed by atoms with Crippen molar-refractivity contribution in [3.8, 4) is 5.75 Å². The Labute approximate surface area is 162 Å². The molecule has 0 bridgehead atoms. The summed E-state index contributed by atoms with van der Waals surface area (Å²) in [5.74, 6) is 2.58. The highest BCUT2D eigenvalue weighted by Crippen LogP contribution is 2.25. The molecule has 0 unspecified atom stereocenters. The van der Waals surface area contributed by atoms with Gasteiger partial charge in [-0.25, -0.2) is 0 Å². The summed E-state index contributed by atoms with van der Waals surface area (Å²) in [6, 6.07) is 15.6. The van der Waals surface area contributed by atoms with Crippen molar-refractivity contribution in [2.75, 3.05) is 19.4 Å². The molecule has 2 aromatic rings. The van der Waals surface area contributed by atoms with Gasteiger partial charge in [-0.2, -0.15) is 11.8 Å². The molecular formula is C19H22ClNO2S2. The van der Waals surface area contributed by atoms with Gasteiger partial charge in [0, 0.05) is 28.0 Å². The molecule has 0 aromatic heterocycles. The first-order chi connectivity index (χ1) is 12.1. The molecule has 0 aliphatic carbocycles. The van der Waals surface area contributed by atoms with Crippen LogP contribution in [0.5, 0.6) is 5.75 Å². The van der Waals surface area contributed by atoms with Gasteiger partial charge in [-0.15, -0.1) is 11.8 Å². The summed E-state index contributed by atoms with van der Waals surface area (Å²) >= 11 is 9.44. The quantitative estimate of drug-likeness (QED) is 0.485. The molecule has 6 heteroatoms. The normalized spacial score (nSPS) is 11.8. The maximum absolute atomic E-state index is 12.2. The number of methoxy groups -OCH3 is 1. The third kappa shape index (κ3) is 6.84. The summed E-state index contributed by atoms with van der Waals surface area (Å²) in [5, 5.41) is 3.65. The average Bonchev–Trinajstić information content (AvgIpc) is 2.63. The summed E-state index contributed by atoms with van der Waals surface area (Å²) in [4.78, 5) is 13.2. The monoisotopic (exact) mass is 395 g/mol. The van der Waals surface area contributed by atoms with Gasteiger partial charge in [0.2, 0.25) is 5.91 Å². The molecule has 0 aliphatic rings. The Balaban J connectivity index is 1.66. The number of ether oxygens (including phenoxy) is 1. The molecule has 0 saturated heterocycles. The van der Waals surface area contributed by atoms with Gasteiger partial charge in [0.15, 0.2) is 0 Å². The van der Waals surface area contributed by atoms with Gasteiger partial charge < -0.3 is 10.1 Å². The van der Waals surface area contributed by atoms with Crippen molar-refractivity contribution < 1.29 is 9.53 Å². The number of halogens is 1. The highest BCUT2D eigenvalue weighted by Gasteiger charge is 2.13. The minimum absolute atomic E-state index is 0.0548. The van der Waals surface area contributed by atoms with Crippen LogP contribution in [0.25, 0.3) is 0 Å². The number of nitrogens with one attached hydrogen (secondary N) is 1. The third-order valence-electron chi connectivity index (χ3n) is 3.50. The molecule has 1 atom stereocenters. The van der Waals surface area contributed by atoms with E-state index in [0.29, 0.717) is 6.54 Å². The molecule has 0 spiro atoms. The van der Waals surface area contributed by atoms with Gasteiger partial charge in [-0.1, -0.05) is 29.8 Å². The molecular weight excluding hydrogens is 374 g/mol. The maximum Gasteiger partial charge on any atom is 0.233 e. The van der Waals surface area contributed by atoms with Crippen molar-refractivity contribution in [3.63, 3.8) is 0 Å². The standard InChI is InChI=1S/C19H22ClNO2S2/c1-14(25-17-9-7-16(23-2)8-10-17)19(22)21-11-12-24-13-15-5-3-4-6-18(15)20/h3-10,14H,11-13H2,1-2H3,(H,21,22)/t14-/m0/s1.